The number of halogens is 1. The minimum absolute atomic E-state index is 0.0578. The molecule has 2 aromatic carbocycles. The number of benzene rings is 2. The van der Waals surface area contributed by atoms with Gasteiger partial charge >= 0.3 is 5.97 Å². The van der Waals surface area contributed by atoms with Crippen LogP contribution in [0.3, 0.4) is 0 Å². The van der Waals surface area contributed by atoms with Crippen LogP contribution in [0.1, 0.15) is 23.7 Å². The third-order valence-corrected chi connectivity index (χ3v) is 5.62. The predicted molar refractivity (Wildman–Crippen MR) is 118 cm³/mol. The number of esters is 1. The molecule has 0 aliphatic carbocycles. The summed E-state index contributed by atoms with van der Waals surface area (Å²) in [6.45, 7) is 1.95. The fraction of sp³-hybridized carbons (Fsp3) is 0.190. The number of rotatable bonds is 5. The van der Waals surface area contributed by atoms with Gasteiger partial charge in [0.2, 0.25) is 11.8 Å². The van der Waals surface area contributed by atoms with Gasteiger partial charge in [0.05, 0.1) is 28.6 Å². The Hall–Kier alpha value is -3.35. The van der Waals surface area contributed by atoms with Crippen LogP contribution in [0.4, 0.5) is 11.4 Å². The number of ether oxygens (including phenoxy) is 1. The first kappa shape index (κ1) is 22.3. The van der Waals surface area contributed by atoms with E-state index in [9.17, 15) is 14.4 Å². The highest BCUT2D eigenvalue weighted by Crippen LogP contribution is 2.32. The van der Waals surface area contributed by atoms with E-state index in [2.05, 4.69) is 10.3 Å². The van der Waals surface area contributed by atoms with Gasteiger partial charge in [-0.2, -0.15) is 5.26 Å². The molecule has 1 fully saturated rings. The number of para-hydroxylation sites is 1. The van der Waals surface area contributed by atoms with Crippen LogP contribution in [0.5, 0.6) is 0 Å². The number of thioether (sulfide) groups is 1. The number of anilines is 1. The Bertz CT molecular complexity index is 1080. The quantitative estimate of drug-likeness (QED) is 0.182. The molecule has 0 radical (unpaired) electrons. The molecule has 1 aliphatic rings. The second-order valence-electron chi connectivity index (χ2n) is 6.25. The van der Waals surface area contributed by atoms with Gasteiger partial charge in [-0.25, -0.2) is 14.7 Å². The van der Waals surface area contributed by atoms with E-state index in [1.165, 1.54) is 24.3 Å². The topological polar surface area (TPSA) is 112 Å². The van der Waals surface area contributed by atoms with Crippen molar-refractivity contribution in [3.05, 3.63) is 59.1 Å². The third kappa shape index (κ3) is 5.23. The number of carbonyl (C=O) groups is 3. The Morgan fingerprint density at radius 2 is 2.00 bits per heavy atom. The molecular weight excluding hydrogens is 440 g/mol. The number of imide groups is 1. The number of amides is 2. The molecule has 2 amide bonds. The summed E-state index contributed by atoms with van der Waals surface area (Å²) in [5, 5.41) is 11.2. The van der Waals surface area contributed by atoms with Crippen molar-refractivity contribution in [2.24, 2.45) is 4.99 Å². The zero-order chi connectivity index (χ0) is 22.4. The Morgan fingerprint density at radius 1 is 1.29 bits per heavy atom. The molecule has 0 spiro atoms. The van der Waals surface area contributed by atoms with E-state index in [4.69, 9.17) is 21.6 Å². The molecule has 10 heteroatoms. The summed E-state index contributed by atoms with van der Waals surface area (Å²) in [6, 6.07) is 12.8. The lowest BCUT2D eigenvalue weighted by atomic mass is 10.2. The summed E-state index contributed by atoms with van der Waals surface area (Å²) in [5.74, 6) is -1.31. The summed E-state index contributed by atoms with van der Waals surface area (Å²) in [4.78, 5) is 42.6. The van der Waals surface area contributed by atoms with E-state index >= 15 is 0 Å². The second-order valence-corrected chi connectivity index (χ2v) is 7.85. The number of aliphatic imine (C=N–C) groups is 1. The second kappa shape index (κ2) is 10.1. The highest BCUT2D eigenvalue weighted by Gasteiger charge is 2.41. The molecule has 158 valence electrons. The maximum Gasteiger partial charge on any atom is 0.338 e. The molecule has 0 unspecified atom stereocenters. The Morgan fingerprint density at radius 3 is 2.65 bits per heavy atom. The molecule has 1 heterocycles. The molecule has 0 aromatic heterocycles. The number of hydrogen-bond acceptors (Lipinski definition) is 7. The molecule has 3 rings (SSSR count). The van der Waals surface area contributed by atoms with Crippen molar-refractivity contribution in [1.82, 2.24) is 5.32 Å². The first-order valence-corrected chi connectivity index (χ1v) is 10.5. The van der Waals surface area contributed by atoms with Gasteiger partial charge in [0.25, 0.3) is 0 Å². The Labute approximate surface area is 187 Å². The lowest BCUT2D eigenvalue weighted by Gasteiger charge is -2.15. The first-order chi connectivity index (χ1) is 14.9. The zero-order valence-electron chi connectivity index (χ0n) is 16.4. The van der Waals surface area contributed by atoms with E-state index in [-0.39, 0.29) is 24.1 Å². The molecule has 0 bridgehead atoms. The normalized spacial score (nSPS) is 16.2. The number of nitrogens with one attached hydrogen (secondary N) is 1. The summed E-state index contributed by atoms with van der Waals surface area (Å²) < 4.78 is 4.93. The van der Waals surface area contributed by atoms with E-state index < -0.39 is 17.1 Å². The van der Waals surface area contributed by atoms with Crippen molar-refractivity contribution in [1.29, 1.82) is 5.26 Å². The molecule has 31 heavy (non-hydrogen) atoms. The van der Waals surface area contributed by atoms with Crippen molar-refractivity contribution in [2.45, 2.75) is 18.6 Å². The van der Waals surface area contributed by atoms with Gasteiger partial charge in [-0.15, -0.1) is 0 Å². The molecule has 1 atom stereocenters. The van der Waals surface area contributed by atoms with Crippen LogP contribution in [-0.4, -0.2) is 34.8 Å². The number of nitrogens with zero attached hydrogens (tertiary/aromatic N) is 3. The van der Waals surface area contributed by atoms with Crippen LogP contribution in [0, 0.1) is 11.5 Å². The minimum atomic E-state index is -0.765. The van der Waals surface area contributed by atoms with Crippen molar-refractivity contribution in [2.75, 3.05) is 11.5 Å². The van der Waals surface area contributed by atoms with Gasteiger partial charge in [-0.3, -0.25) is 14.9 Å². The van der Waals surface area contributed by atoms with Crippen LogP contribution in [-0.2, 0) is 14.3 Å². The molecule has 0 saturated carbocycles. The standard InChI is InChI=1S/C21H17ClN4O4S/c1-2-30-20(29)13-7-9-14(10-8-13)26-18(27)11-17(19(26)28)31-21(24-12-23)25-16-6-4-3-5-15(16)22/h3-10,17H,2,11H2,1H3,(H,24,25)/t17-/m1/s1. The fourth-order valence-corrected chi connectivity index (χ4v) is 3.98. The molecule has 8 nitrogen and oxygen atoms in total. The predicted octanol–water partition coefficient (Wildman–Crippen LogP) is 3.64. The van der Waals surface area contributed by atoms with Crippen LogP contribution in [0.2, 0.25) is 5.02 Å². The monoisotopic (exact) mass is 456 g/mol. The average Bonchev–Trinajstić information content (AvgIpc) is 3.03. The fourth-order valence-electron chi connectivity index (χ4n) is 2.85. The van der Waals surface area contributed by atoms with Crippen LogP contribution < -0.4 is 10.2 Å². The lowest BCUT2D eigenvalue weighted by Crippen LogP contribution is -2.32. The maximum absolute atomic E-state index is 12.9. The number of nitriles is 1. The molecule has 2 aromatic rings. The van der Waals surface area contributed by atoms with Crippen molar-refractivity contribution in [3.8, 4) is 6.19 Å². The Balaban J connectivity index is 1.78. The summed E-state index contributed by atoms with van der Waals surface area (Å²) >= 11 is 7.08. The highest BCUT2D eigenvalue weighted by molar-refractivity contribution is 8.15. The smallest absolute Gasteiger partial charge is 0.338 e. The van der Waals surface area contributed by atoms with Gasteiger partial charge in [0.1, 0.15) is 5.25 Å². The van der Waals surface area contributed by atoms with Gasteiger partial charge in [0.15, 0.2) is 11.4 Å². The van der Waals surface area contributed by atoms with Crippen molar-refractivity contribution in [3.63, 3.8) is 0 Å². The van der Waals surface area contributed by atoms with Crippen molar-refractivity contribution < 1.29 is 19.1 Å². The van der Waals surface area contributed by atoms with E-state index in [0.717, 1.165) is 16.7 Å². The van der Waals surface area contributed by atoms with Crippen molar-refractivity contribution >= 4 is 57.7 Å². The Kier molecular flexibility index (Phi) is 7.28. The third-order valence-electron chi connectivity index (χ3n) is 4.23. The lowest BCUT2D eigenvalue weighted by molar-refractivity contribution is -0.121. The largest absolute Gasteiger partial charge is 0.462 e. The van der Waals surface area contributed by atoms with Gasteiger partial charge in [0, 0.05) is 6.42 Å². The molecule has 1 saturated heterocycles. The number of hydrogen-bond donors (Lipinski definition) is 1. The number of carbonyl (C=O) groups excluding carboxylic acids is 3. The minimum Gasteiger partial charge on any atom is -0.462 e. The zero-order valence-corrected chi connectivity index (χ0v) is 17.9. The first-order valence-electron chi connectivity index (χ1n) is 9.23. The average molecular weight is 457 g/mol. The van der Waals surface area contributed by atoms with Crippen LogP contribution in [0.25, 0.3) is 0 Å². The van der Waals surface area contributed by atoms with Gasteiger partial charge in [-0.1, -0.05) is 35.5 Å². The van der Waals surface area contributed by atoms with Gasteiger partial charge < -0.3 is 4.74 Å². The number of amidine groups is 1. The van der Waals surface area contributed by atoms with E-state index in [0.29, 0.717) is 22.0 Å². The van der Waals surface area contributed by atoms with Crippen LogP contribution in [0.15, 0.2) is 53.5 Å². The van der Waals surface area contributed by atoms with E-state index in [1.54, 1.807) is 37.4 Å². The summed E-state index contributed by atoms with van der Waals surface area (Å²) in [5.41, 5.74) is 1.10. The van der Waals surface area contributed by atoms with Crippen LogP contribution >= 0.6 is 23.4 Å². The highest BCUT2D eigenvalue weighted by atomic mass is 35.5. The summed E-state index contributed by atoms with van der Waals surface area (Å²) in [7, 11) is 0. The maximum atomic E-state index is 12.9. The van der Waals surface area contributed by atoms with Gasteiger partial charge in [-0.05, 0) is 43.3 Å². The molecule has 1 aliphatic heterocycles. The SMILES string of the molecule is CCOC(=O)c1ccc(N2C(=O)C[C@@H](SC(=Nc3ccccc3Cl)NC#N)C2=O)cc1. The molecule has 1 N–H and O–H groups in total. The van der Waals surface area contributed by atoms with E-state index in [1.807, 2.05) is 0 Å². The molecular formula is C21H17ClN4O4S. The summed E-state index contributed by atoms with van der Waals surface area (Å²) in [6.07, 6.45) is 1.72.